The van der Waals surface area contributed by atoms with Gasteiger partial charge in [0, 0.05) is 16.8 Å². The van der Waals surface area contributed by atoms with Gasteiger partial charge >= 0.3 is 5.97 Å². The number of nitrogens with one attached hydrogen (secondary N) is 2. The van der Waals surface area contributed by atoms with E-state index in [9.17, 15) is 19.5 Å². The molecule has 0 saturated heterocycles. The maximum Gasteiger partial charge on any atom is 0.336 e. The summed E-state index contributed by atoms with van der Waals surface area (Å²) in [6.07, 6.45) is 1.88. The second-order valence-electron chi connectivity index (χ2n) is 6.60. The highest BCUT2D eigenvalue weighted by atomic mass is 16.4. The molecular weight excluding hydrogens is 308 g/mol. The van der Waals surface area contributed by atoms with Crippen LogP contribution in [0.4, 0.5) is 0 Å². The molecule has 3 atom stereocenters. The number of Topliss-reactive ketones (excluding diaryl/α,β-unsaturated/α-hetero) is 2. The van der Waals surface area contributed by atoms with Crippen molar-refractivity contribution in [3.63, 3.8) is 0 Å². The van der Waals surface area contributed by atoms with E-state index < -0.39 is 12.0 Å². The summed E-state index contributed by atoms with van der Waals surface area (Å²) in [6.45, 7) is 2.12. The van der Waals surface area contributed by atoms with Crippen LogP contribution in [0.5, 0.6) is 0 Å². The Labute approximate surface area is 138 Å². The minimum atomic E-state index is -1.08. The zero-order chi connectivity index (χ0) is 17.0. The Morgan fingerprint density at radius 3 is 2.79 bits per heavy atom. The molecule has 1 aromatic carbocycles. The second-order valence-corrected chi connectivity index (χ2v) is 6.60. The summed E-state index contributed by atoms with van der Waals surface area (Å²) >= 11 is 0. The molecule has 3 unspecified atom stereocenters. The molecule has 6 nitrogen and oxygen atoms in total. The Morgan fingerprint density at radius 1 is 1.33 bits per heavy atom. The van der Waals surface area contributed by atoms with Crippen molar-refractivity contribution in [2.24, 2.45) is 11.8 Å². The summed E-state index contributed by atoms with van der Waals surface area (Å²) in [5.74, 6) is -0.695. The minimum absolute atomic E-state index is 0.0407. The molecule has 24 heavy (non-hydrogen) atoms. The molecule has 2 aromatic rings. The quantitative estimate of drug-likeness (QED) is 0.800. The molecule has 0 amide bonds. The number of ketones is 2. The Kier molecular flexibility index (Phi) is 3.31. The van der Waals surface area contributed by atoms with Gasteiger partial charge in [0.1, 0.15) is 6.04 Å². The number of fused-ring (bicyclic) bond motifs is 3. The summed E-state index contributed by atoms with van der Waals surface area (Å²) in [6, 6.07) is 4.30. The summed E-state index contributed by atoms with van der Waals surface area (Å²) in [5, 5.41) is 12.9. The maximum absolute atomic E-state index is 12.8. The van der Waals surface area contributed by atoms with Crippen molar-refractivity contribution in [2.45, 2.75) is 25.8 Å². The molecule has 0 radical (unpaired) electrons. The van der Waals surface area contributed by atoms with E-state index in [0.29, 0.717) is 28.1 Å². The van der Waals surface area contributed by atoms with Crippen LogP contribution in [0.25, 0.3) is 10.9 Å². The first kappa shape index (κ1) is 15.1. The first-order valence-electron chi connectivity index (χ1n) is 8.21. The van der Waals surface area contributed by atoms with Crippen LogP contribution in [-0.4, -0.2) is 34.2 Å². The van der Waals surface area contributed by atoms with Gasteiger partial charge < -0.3 is 10.1 Å². The topological polar surface area (TPSA) is 99.3 Å². The lowest BCUT2D eigenvalue weighted by molar-refractivity contribution is -0.122. The normalized spacial score (nSPS) is 25.5. The highest BCUT2D eigenvalue weighted by Gasteiger charge is 2.46. The molecule has 0 spiro atoms. The third kappa shape index (κ3) is 2.10. The van der Waals surface area contributed by atoms with Gasteiger partial charge in [-0.25, -0.2) is 4.79 Å². The Hall–Kier alpha value is -2.47. The van der Waals surface area contributed by atoms with E-state index in [0.717, 1.165) is 12.8 Å². The van der Waals surface area contributed by atoms with E-state index in [1.54, 1.807) is 12.1 Å². The fraction of sp³-hybridized carbons (Fsp3) is 0.389. The van der Waals surface area contributed by atoms with Gasteiger partial charge in [0.05, 0.1) is 23.4 Å². The van der Waals surface area contributed by atoms with Crippen molar-refractivity contribution < 1.29 is 19.5 Å². The molecule has 0 bridgehead atoms. The van der Waals surface area contributed by atoms with Crippen molar-refractivity contribution in [1.82, 2.24) is 10.3 Å². The summed E-state index contributed by atoms with van der Waals surface area (Å²) < 4.78 is 0. The molecule has 3 N–H and O–H groups in total. The first-order valence-corrected chi connectivity index (χ1v) is 8.21. The van der Waals surface area contributed by atoms with Crippen LogP contribution < -0.4 is 5.32 Å². The number of aromatic amines is 1. The average Bonchev–Trinajstić information content (AvgIpc) is 3.25. The number of carbonyl (C=O) groups excluding carboxylic acids is 2. The van der Waals surface area contributed by atoms with E-state index in [4.69, 9.17) is 0 Å². The predicted molar refractivity (Wildman–Crippen MR) is 87.2 cm³/mol. The van der Waals surface area contributed by atoms with Gasteiger partial charge in [0.15, 0.2) is 11.6 Å². The van der Waals surface area contributed by atoms with Crippen LogP contribution >= 0.6 is 0 Å². The standard InChI is InChI=1S/C18H18N2O4/c1-2-8-6-10(8)17(22)16-15-14(12(21)7-19-16)13-9(18(23)24)4-3-5-11(13)20-15/h3-5,8,10,16,19-20H,2,6-7H2,1H3,(H,23,24). The monoisotopic (exact) mass is 326 g/mol. The Morgan fingerprint density at radius 2 is 2.12 bits per heavy atom. The van der Waals surface area contributed by atoms with Crippen molar-refractivity contribution in [1.29, 1.82) is 0 Å². The largest absolute Gasteiger partial charge is 0.478 e. The van der Waals surface area contributed by atoms with Crippen LogP contribution in [0, 0.1) is 11.8 Å². The average molecular weight is 326 g/mol. The highest BCUT2D eigenvalue weighted by molar-refractivity contribution is 6.17. The third-order valence-corrected chi connectivity index (χ3v) is 5.21. The van der Waals surface area contributed by atoms with E-state index in [1.165, 1.54) is 6.07 Å². The number of aromatic nitrogens is 1. The molecule has 2 aliphatic rings. The number of carboxylic acids is 1. The lowest BCUT2D eigenvalue weighted by Crippen LogP contribution is -2.39. The van der Waals surface area contributed by atoms with Gasteiger partial charge in [-0.05, 0) is 24.5 Å². The number of aromatic carboxylic acids is 1. The van der Waals surface area contributed by atoms with Crippen LogP contribution in [0.3, 0.4) is 0 Å². The zero-order valence-corrected chi connectivity index (χ0v) is 13.3. The van der Waals surface area contributed by atoms with Crippen molar-refractivity contribution in [3.8, 4) is 0 Å². The number of benzene rings is 1. The fourth-order valence-electron chi connectivity index (χ4n) is 3.84. The second kappa shape index (κ2) is 5.27. The van der Waals surface area contributed by atoms with Crippen LogP contribution in [0.1, 0.15) is 52.2 Å². The molecule has 124 valence electrons. The maximum atomic E-state index is 12.8. The SMILES string of the molecule is CCC1CC1C(=O)C1NCC(=O)c2c1[nH]c1cccc(C(=O)O)c21. The van der Waals surface area contributed by atoms with Gasteiger partial charge in [0.2, 0.25) is 0 Å². The highest BCUT2D eigenvalue weighted by Crippen LogP contribution is 2.45. The van der Waals surface area contributed by atoms with Gasteiger partial charge in [-0.1, -0.05) is 19.4 Å². The van der Waals surface area contributed by atoms with E-state index in [2.05, 4.69) is 17.2 Å². The van der Waals surface area contributed by atoms with Crippen molar-refractivity contribution >= 4 is 28.4 Å². The zero-order valence-electron chi connectivity index (χ0n) is 13.3. The summed E-state index contributed by atoms with van der Waals surface area (Å²) in [5.41, 5.74) is 1.54. The fourth-order valence-corrected chi connectivity index (χ4v) is 3.84. The summed E-state index contributed by atoms with van der Waals surface area (Å²) in [4.78, 5) is 39.8. The van der Waals surface area contributed by atoms with E-state index in [1.807, 2.05) is 0 Å². The smallest absolute Gasteiger partial charge is 0.336 e. The van der Waals surface area contributed by atoms with Gasteiger partial charge in [-0.3, -0.25) is 14.9 Å². The number of rotatable bonds is 4. The van der Waals surface area contributed by atoms with Crippen molar-refractivity contribution in [3.05, 3.63) is 35.0 Å². The van der Waals surface area contributed by atoms with Gasteiger partial charge in [0.25, 0.3) is 0 Å². The molecule has 1 aromatic heterocycles. The number of hydrogen-bond acceptors (Lipinski definition) is 4. The number of carboxylic acid groups (broad SMARTS) is 1. The molecule has 4 rings (SSSR count). The molecule has 1 aliphatic carbocycles. The van der Waals surface area contributed by atoms with E-state index >= 15 is 0 Å². The predicted octanol–water partition coefficient (Wildman–Crippen LogP) is 2.31. The lowest BCUT2D eigenvalue weighted by Gasteiger charge is -2.22. The van der Waals surface area contributed by atoms with Gasteiger partial charge in [-0.15, -0.1) is 0 Å². The molecule has 1 aliphatic heterocycles. The number of hydrogen-bond donors (Lipinski definition) is 3. The van der Waals surface area contributed by atoms with Gasteiger partial charge in [-0.2, -0.15) is 0 Å². The molecule has 1 fully saturated rings. The first-order chi connectivity index (χ1) is 11.5. The molecule has 2 heterocycles. The lowest BCUT2D eigenvalue weighted by atomic mass is 9.92. The molecular formula is C18H18N2O4. The Bertz CT molecular complexity index is 883. The van der Waals surface area contributed by atoms with Crippen LogP contribution in [0.15, 0.2) is 18.2 Å². The number of H-pyrrole nitrogens is 1. The third-order valence-electron chi connectivity index (χ3n) is 5.21. The van der Waals surface area contributed by atoms with Crippen LogP contribution in [-0.2, 0) is 4.79 Å². The number of carbonyl (C=O) groups is 3. The molecule has 1 saturated carbocycles. The Balaban J connectivity index is 1.86. The van der Waals surface area contributed by atoms with Crippen molar-refractivity contribution in [2.75, 3.05) is 6.54 Å². The van der Waals surface area contributed by atoms with Crippen LogP contribution in [0.2, 0.25) is 0 Å². The minimum Gasteiger partial charge on any atom is -0.478 e. The summed E-state index contributed by atoms with van der Waals surface area (Å²) in [7, 11) is 0. The van der Waals surface area contributed by atoms with E-state index in [-0.39, 0.29) is 29.6 Å². The molecule has 6 heteroatoms.